The number of ether oxygens (including phenoxy) is 2. The molecule has 3 aromatic heterocycles. The van der Waals surface area contributed by atoms with Gasteiger partial charge in [0.2, 0.25) is 0 Å². The maximum absolute atomic E-state index is 5.41. The lowest BCUT2D eigenvalue weighted by molar-refractivity contribution is 0.395. The molecule has 0 unspecified atom stereocenters. The smallest absolute Gasteiger partial charge is 0.146 e. The molecule has 0 aliphatic carbocycles. The van der Waals surface area contributed by atoms with Crippen molar-refractivity contribution < 1.29 is 9.47 Å². The third-order valence-electron chi connectivity index (χ3n) is 3.98. The summed E-state index contributed by atoms with van der Waals surface area (Å²) in [5.41, 5.74) is 3.80. The number of benzene rings is 1. The minimum Gasteiger partial charge on any atom is -0.497 e. The van der Waals surface area contributed by atoms with Gasteiger partial charge in [0, 0.05) is 41.2 Å². The normalized spacial score (nSPS) is 10.8. The quantitative estimate of drug-likeness (QED) is 0.517. The molecular weight excluding hydrogens is 318 g/mol. The Hall–Kier alpha value is -3.48. The summed E-state index contributed by atoms with van der Waals surface area (Å²) in [6, 6.07) is 9.60. The molecule has 0 radical (unpaired) electrons. The Morgan fingerprint density at radius 1 is 1.04 bits per heavy atom. The summed E-state index contributed by atoms with van der Waals surface area (Å²) in [7, 11) is 3.25. The van der Waals surface area contributed by atoms with Gasteiger partial charge in [-0.2, -0.15) is 5.10 Å². The number of hydrogen-bond donors (Lipinski definition) is 3. The van der Waals surface area contributed by atoms with Crippen LogP contribution in [-0.2, 0) is 0 Å². The number of rotatable bonds is 5. The lowest BCUT2D eigenvalue weighted by atomic mass is 10.2. The van der Waals surface area contributed by atoms with Crippen LogP contribution in [-0.4, -0.2) is 34.4 Å². The first-order chi connectivity index (χ1) is 12.3. The van der Waals surface area contributed by atoms with E-state index in [1.165, 1.54) is 0 Å². The highest BCUT2D eigenvalue weighted by Gasteiger charge is 2.09. The van der Waals surface area contributed by atoms with Gasteiger partial charge in [-0.1, -0.05) is 0 Å². The number of anilines is 2. The van der Waals surface area contributed by atoms with E-state index >= 15 is 0 Å². The Morgan fingerprint density at radius 3 is 2.72 bits per heavy atom. The SMILES string of the molecule is COc1ccc(Nc2cc3[nH]c(-c4cn[nH]c4)cc3cn2)c(OC)c1. The van der Waals surface area contributed by atoms with E-state index in [1.54, 1.807) is 20.4 Å². The highest BCUT2D eigenvalue weighted by molar-refractivity contribution is 5.87. The van der Waals surface area contributed by atoms with E-state index in [0.717, 1.165) is 39.4 Å². The van der Waals surface area contributed by atoms with Gasteiger partial charge in [-0.25, -0.2) is 4.98 Å². The molecule has 7 nitrogen and oxygen atoms in total. The molecule has 3 N–H and O–H groups in total. The molecular formula is C18H17N5O2. The van der Waals surface area contributed by atoms with Crippen molar-refractivity contribution in [2.75, 3.05) is 19.5 Å². The molecule has 0 fully saturated rings. The first-order valence-corrected chi connectivity index (χ1v) is 7.74. The first-order valence-electron chi connectivity index (χ1n) is 7.74. The highest BCUT2D eigenvalue weighted by atomic mass is 16.5. The van der Waals surface area contributed by atoms with E-state index in [9.17, 15) is 0 Å². The standard InChI is InChI=1S/C18H17N5O2/c1-24-13-3-4-14(17(6-13)25-2)23-18-7-16-11(8-19-18)5-15(22-16)12-9-20-21-10-12/h3-10,22H,1-2H3,(H,19,23)(H,20,21). The van der Waals surface area contributed by atoms with Gasteiger partial charge in [0.25, 0.3) is 0 Å². The summed E-state index contributed by atoms with van der Waals surface area (Å²) >= 11 is 0. The number of fused-ring (bicyclic) bond motifs is 1. The molecule has 0 saturated carbocycles. The van der Waals surface area contributed by atoms with Crippen molar-refractivity contribution in [2.45, 2.75) is 0 Å². The topological polar surface area (TPSA) is 87.8 Å². The maximum Gasteiger partial charge on any atom is 0.146 e. The summed E-state index contributed by atoms with van der Waals surface area (Å²) in [5, 5.41) is 11.1. The molecule has 0 aliphatic heterocycles. The van der Waals surface area contributed by atoms with Crippen molar-refractivity contribution in [3.63, 3.8) is 0 Å². The fraction of sp³-hybridized carbons (Fsp3) is 0.111. The Labute approximate surface area is 144 Å². The fourth-order valence-corrected chi connectivity index (χ4v) is 2.69. The van der Waals surface area contributed by atoms with Gasteiger partial charge >= 0.3 is 0 Å². The monoisotopic (exact) mass is 335 g/mol. The number of H-pyrrole nitrogens is 2. The summed E-state index contributed by atoms with van der Waals surface area (Å²) in [6.45, 7) is 0. The van der Waals surface area contributed by atoms with Crippen LogP contribution in [0.1, 0.15) is 0 Å². The molecule has 0 saturated heterocycles. The molecule has 0 bridgehead atoms. The zero-order valence-electron chi connectivity index (χ0n) is 13.8. The average molecular weight is 335 g/mol. The Kier molecular flexibility index (Phi) is 3.74. The third kappa shape index (κ3) is 2.87. The van der Waals surface area contributed by atoms with E-state index in [2.05, 4.69) is 25.5 Å². The zero-order chi connectivity index (χ0) is 17.2. The molecule has 0 amide bonds. The van der Waals surface area contributed by atoms with E-state index in [-0.39, 0.29) is 0 Å². The number of aromatic amines is 2. The third-order valence-corrected chi connectivity index (χ3v) is 3.98. The predicted molar refractivity (Wildman–Crippen MR) is 96.5 cm³/mol. The van der Waals surface area contributed by atoms with Gasteiger partial charge in [0.1, 0.15) is 17.3 Å². The zero-order valence-corrected chi connectivity index (χ0v) is 13.8. The summed E-state index contributed by atoms with van der Waals surface area (Å²) in [6.07, 6.45) is 5.45. The van der Waals surface area contributed by atoms with E-state index in [1.807, 2.05) is 42.7 Å². The minimum absolute atomic E-state index is 0.687. The van der Waals surface area contributed by atoms with Crippen LogP contribution < -0.4 is 14.8 Å². The van der Waals surface area contributed by atoms with Crippen molar-refractivity contribution in [2.24, 2.45) is 0 Å². The van der Waals surface area contributed by atoms with Gasteiger partial charge in [0.15, 0.2) is 0 Å². The molecule has 0 aliphatic rings. The number of nitrogens with one attached hydrogen (secondary N) is 3. The summed E-state index contributed by atoms with van der Waals surface area (Å²) in [4.78, 5) is 7.85. The van der Waals surface area contributed by atoms with E-state index < -0.39 is 0 Å². The molecule has 25 heavy (non-hydrogen) atoms. The molecule has 1 aromatic carbocycles. The van der Waals surface area contributed by atoms with Gasteiger partial charge in [-0.05, 0) is 18.2 Å². The van der Waals surface area contributed by atoms with Crippen LogP contribution in [0.25, 0.3) is 22.2 Å². The second-order valence-electron chi connectivity index (χ2n) is 5.52. The summed E-state index contributed by atoms with van der Waals surface area (Å²) < 4.78 is 10.6. The van der Waals surface area contributed by atoms with Crippen molar-refractivity contribution in [3.05, 3.63) is 48.9 Å². The van der Waals surface area contributed by atoms with E-state index in [4.69, 9.17) is 9.47 Å². The second-order valence-corrected chi connectivity index (χ2v) is 5.52. The van der Waals surface area contributed by atoms with Crippen molar-refractivity contribution in [1.29, 1.82) is 0 Å². The fourth-order valence-electron chi connectivity index (χ4n) is 2.69. The number of hydrogen-bond acceptors (Lipinski definition) is 5. The van der Waals surface area contributed by atoms with Gasteiger partial charge in [0.05, 0.1) is 31.6 Å². The van der Waals surface area contributed by atoms with Crippen LogP contribution in [0.3, 0.4) is 0 Å². The molecule has 7 heteroatoms. The lowest BCUT2D eigenvalue weighted by Crippen LogP contribution is -1.97. The molecule has 0 atom stereocenters. The molecule has 4 aromatic rings. The number of methoxy groups -OCH3 is 2. The Morgan fingerprint density at radius 2 is 1.96 bits per heavy atom. The molecule has 126 valence electrons. The lowest BCUT2D eigenvalue weighted by Gasteiger charge is -2.12. The van der Waals surface area contributed by atoms with Crippen LogP contribution in [0.4, 0.5) is 11.5 Å². The minimum atomic E-state index is 0.687. The van der Waals surface area contributed by atoms with Gasteiger partial charge in [-0.3, -0.25) is 5.10 Å². The predicted octanol–water partition coefficient (Wildman–Crippen LogP) is 3.71. The van der Waals surface area contributed by atoms with Crippen LogP contribution in [0.5, 0.6) is 11.5 Å². The second kappa shape index (κ2) is 6.20. The number of pyridine rings is 1. The maximum atomic E-state index is 5.41. The van der Waals surface area contributed by atoms with Crippen LogP contribution in [0.2, 0.25) is 0 Å². The first kappa shape index (κ1) is 15.1. The van der Waals surface area contributed by atoms with Crippen molar-refractivity contribution in [1.82, 2.24) is 20.2 Å². The largest absolute Gasteiger partial charge is 0.497 e. The van der Waals surface area contributed by atoms with Crippen LogP contribution in [0.15, 0.2) is 48.9 Å². The van der Waals surface area contributed by atoms with Gasteiger partial charge in [-0.15, -0.1) is 0 Å². The Bertz CT molecular complexity index is 1010. The van der Waals surface area contributed by atoms with Gasteiger partial charge < -0.3 is 19.8 Å². The summed E-state index contributed by atoms with van der Waals surface area (Å²) in [5.74, 6) is 2.14. The average Bonchev–Trinajstić information content (AvgIpc) is 3.31. The van der Waals surface area contributed by atoms with Crippen molar-refractivity contribution in [3.8, 4) is 22.8 Å². The Balaban J connectivity index is 1.66. The number of nitrogens with zero attached hydrogens (tertiary/aromatic N) is 2. The molecule has 3 heterocycles. The van der Waals surface area contributed by atoms with Crippen LogP contribution in [0, 0.1) is 0 Å². The highest BCUT2D eigenvalue weighted by Crippen LogP contribution is 2.32. The van der Waals surface area contributed by atoms with E-state index in [0.29, 0.717) is 5.75 Å². The van der Waals surface area contributed by atoms with Crippen molar-refractivity contribution >= 4 is 22.4 Å². The molecule has 0 spiro atoms. The van der Waals surface area contributed by atoms with Crippen LogP contribution >= 0.6 is 0 Å². The molecule has 4 rings (SSSR count). The number of aromatic nitrogens is 4.